The van der Waals surface area contributed by atoms with Crippen LogP contribution in [0.15, 0.2) is 18.2 Å². The summed E-state index contributed by atoms with van der Waals surface area (Å²) < 4.78 is 13.5. The van der Waals surface area contributed by atoms with E-state index in [9.17, 15) is 4.39 Å². The average Bonchev–Trinajstić information content (AvgIpc) is 2.32. The standard InChI is InChI=1S/C14H20FN/c1-11-2-5-14(15)13(10-11)4-3-12-6-8-16-9-7-12/h2,5,10,12,16H,3-4,6-9H2,1H3. The van der Waals surface area contributed by atoms with E-state index >= 15 is 0 Å². The molecule has 1 heterocycles. The number of nitrogens with one attached hydrogen (secondary N) is 1. The van der Waals surface area contributed by atoms with Gasteiger partial charge in [0.05, 0.1) is 0 Å². The molecule has 1 fully saturated rings. The molecule has 0 aliphatic carbocycles. The molecule has 2 rings (SSSR count). The van der Waals surface area contributed by atoms with Gasteiger partial charge < -0.3 is 5.32 Å². The molecule has 16 heavy (non-hydrogen) atoms. The molecule has 88 valence electrons. The number of benzene rings is 1. The van der Waals surface area contributed by atoms with Crippen LogP contribution in [0, 0.1) is 18.7 Å². The first-order chi connectivity index (χ1) is 7.75. The van der Waals surface area contributed by atoms with Crippen molar-refractivity contribution in [1.29, 1.82) is 0 Å². The molecule has 2 heteroatoms. The summed E-state index contributed by atoms with van der Waals surface area (Å²) in [6.45, 7) is 4.27. The van der Waals surface area contributed by atoms with Crippen LogP contribution in [0.4, 0.5) is 4.39 Å². The van der Waals surface area contributed by atoms with E-state index in [2.05, 4.69) is 5.32 Å². The predicted octanol–water partition coefficient (Wildman–Crippen LogP) is 3.07. The van der Waals surface area contributed by atoms with Gasteiger partial charge in [-0.2, -0.15) is 0 Å². The van der Waals surface area contributed by atoms with Crippen LogP contribution in [-0.4, -0.2) is 13.1 Å². The zero-order valence-corrected chi connectivity index (χ0v) is 9.93. The van der Waals surface area contributed by atoms with Gasteiger partial charge in [0.25, 0.3) is 0 Å². The highest BCUT2D eigenvalue weighted by molar-refractivity contribution is 5.24. The molecule has 1 aromatic rings. The average molecular weight is 221 g/mol. The van der Waals surface area contributed by atoms with Gasteiger partial charge in [-0.05, 0) is 63.2 Å². The molecule has 0 spiro atoms. The Labute approximate surface area is 97.1 Å². The smallest absolute Gasteiger partial charge is 0.126 e. The Morgan fingerprint density at radius 2 is 2.06 bits per heavy atom. The van der Waals surface area contributed by atoms with Gasteiger partial charge in [0.2, 0.25) is 0 Å². The van der Waals surface area contributed by atoms with Crippen molar-refractivity contribution in [2.75, 3.05) is 13.1 Å². The molecule has 0 aromatic heterocycles. The van der Waals surface area contributed by atoms with Crippen LogP contribution in [0.1, 0.15) is 30.4 Å². The first-order valence-electron chi connectivity index (χ1n) is 6.21. The van der Waals surface area contributed by atoms with Crippen molar-refractivity contribution in [3.63, 3.8) is 0 Å². The van der Waals surface area contributed by atoms with Gasteiger partial charge in [-0.15, -0.1) is 0 Å². The fraction of sp³-hybridized carbons (Fsp3) is 0.571. The Morgan fingerprint density at radius 3 is 2.81 bits per heavy atom. The number of aryl methyl sites for hydroxylation is 2. The second-order valence-electron chi connectivity index (χ2n) is 4.83. The van der Waals surface area contributed by atoms with E-state index in [0.717, 1.165) is 43.0 Å². The first kappa shape index (κ1) is 11.6. The maximum Gasteiger partial charge on any atom is 0.126 e. The minimum Gasteiger partial charge on any atom is -0.317 e. The van der Waals surface area contributed by atoms with E-state index in [0.29, 0.717) is 0 Å². The minimum atomic E-state index is -0.0421. The minimum absolute atomic E-state index is 0.0421. The topological polar surface area (TPSA) is 12.0 Å². The fourth-order valence-electron chi connectivity index (χ4n) is 2.43. The van der Waals surface area contributed by atoms with E-state index in [1.54, 1.807) is 6.07 Å². The van der Waals surface area contributed by atoms with E-state index in [4.69, 9.17) is 0 Å². The number of piperidine rings is 1. The molecule has 1 aromatic carbocycles. The monoisotopic (exact) mass is 221 g/mol. The molecule has 1 nitrogen and oxygen atoms in total. The van der Waals surface area contributed by atoms with Crippen molar-refractivity contribution < 1.29 is 4.39 Å². The molecular formula is C14H20FN. The third kappa shape index (κ3) is 3.05. The van der Waals surface area contributed by atoms with E-state index in [1.165, 1.54) is 12.8 Å². The van der Waals surface area contributed by atoms with E-state index in [1.807, 2.05) is 19.1 Å². The summed E-state index contributed by atoms with van der Waals surface area (Å²) in [5.41, 5.74) is 2.04. The summed E-state index contributed by atoms with van der Waals surface area (Å²) >= 11 is 0. The van der Waals surface area contributed by atoms with Crippen LogP contribution in [0.3, 0.4) is 0 Å². The predicted molar refractivity (Wildman–Crippen MR) is 65.1 cm³/mol. The molecule has 1 N–H and O–H groups in total. The zero-order valence-electron chi connectivity index (χ0n) is 9.93. The Hall–Kier alpha value is -0.890. The molecule has 0 bridgehead atoms. The van der Waals surface area contributed by atoms with Gasteiger partial charge in [-0.25, -0.2) is 4.39 Å². The highest BCUT2D eigenvalue weighted by Gasteiger charge is 2.13. The molecule has 0 atom stereocenters. The summed E-state index contributed by atoms with van der Waals surface area (Å²) in [6, 6.07) is 5.41. The number of rotatable bonds is 3. The number of halogens is 1. The van der Waals surface area contributed by atoms with Crippen molar-refractivity contribution in [2.45, 2.75) is 32.6 Å². The van der Waals surface area contributed by atoms with Gasteiger partial charge in [-0.1, -0.05) is 17.7 Å². The van der Waals surface area contributed by atoms with Crippen molar-refractivity contribution in [1.82, 2.24) is 5.32 Å². The molecular weight excluding hydrogens is 201 g/mol. The first-order valence-corrected chi connectivity index (χ1v) is 6.21. The maximum atomic E-state index is 13.5. The molecule has 0 radical (unpaired) electrons. The lowest BCUT2D eigenvalue weighted by atomic mass is 9.91. The highest BCUT2D eigenvalue weighted by atomic mass is 19.1. The second kappa shape index (κ2) is 5.44. The van der Waals surface area contributed by atoms with Gasteiger partial charge in [0.1, 0.15) is 5.82 Å². The summed E-state index contributed by atoms with van der Waals surface area (Å²) in [7, 11) is 0. The third-order valence-electron chi connectivity index (χ3n) is 3.48. The van der Waals surface area contributed by atoms with Crippen molar-refractivity contribution >= 4 is 0 Å². The Bertz CT molecular complexity index is 343. The number of hydrogen-bond acceptors (Lipinski definition) is 1. The molecule has 0 unspecified atom stereocenters. The fourth-order valence-corrected chi connectivity index (χ4v) is 2.43. The van der Waals surface area contributed by atoms with Gasteiger partial charge in [0.15, 0.2) is 0 Å². The zero-order chi connectivity index (χ0) is 11.4. The highest BCUT2D eigenvalue weighted by Crippen LogP contribution is 2.20. The van der Waals surface area contributed by atoms with E-state index < -0.39 is 0 Å². The van der Waals surface area contributed by atoms with E-state index in [-0.39, 0.29) is 5.82 Å². The molecule has 0 amide bonds. The van der Waals surface area contributed by atoms with Gasteiger partial charge in [0, 0.05) is 0 Å². The maximum absolute atomic E-state index is 13.5. The van der Waals surface area contributed by atoms with Crippen LogP contribution in [-0.2, 0) is 6.42 Å². The van der Waals surface area contributed by atoms with Gasteiger partial charge in [-0.3, -0.25) is 0 Å². The largest absolute Gasteiger partial charge is 0.317 e. The summed E-state index contributed by atoms with van der Waals surface area (Å²) in [5.74, 6) is 0.737. The Morgan fingerprint density at radius 1 is 1.31 bits per heavy atom. The molecule has 1 saturated heterocycles. The summed E-state index contributed by atoms with van der Waals surface area (Å²) in [5, 5.41) is 3.36. The lowest BCUT2D eigenvalue weighted by Crippen LogP contribution is -2.27. The van der Waals surface area contributed by atoms with Crippen molar-refractivity contribution in [3.8, 4) is 0 Å². The van der Waals surface area contributed by atoms with Crippen LogP contribution in [0.2, 0.25) is 0 Å². The van der Waals surface area contributed by atoms with Crippen molar-refractivity contribution in [3.05, 3.63) is 35.1 Å². The molecule has 1 aliphatic heterocycles. The van der Waals surface area contributed by atoms with Gasteiger partial charge >= 0.3 is 0 Å². The molecule has 1 aliphatic rings. The van der Waals surface area contributed by atoms with Crippen LogP contribution >= 0.6 is 0 Å². The number of hydrogen-bond donors (Lipinski definition) is 1. The Kier molecular flexibility index (Phi) is 3.94. The molecule has 0 saturated carbocycles. The van der Waals surface area contributed by atoms with Crippen LogP contribution in [0.25, 0.3) is 0 Å². The van der Waals surface area contributed by atoms with Crippen LogP contribution < -0.4 is 5.32 Å². The normalized spacial score (nSPS) is 17.6. The van der Waals surface area contributed by atoms with Crippen molar-refractivity contribution in [2.24, 2.45) is 5.92 Å². The SMILES string of the molecule is Cc1ccc(F)c(CCC2CCNCC2)c1. The summed E-state index contributed by atoms with van der Waals surface area (Å²) in [4.78, 5) is 0. The lowest BCUT2D eigenvalue weighted by Gasteiger charge is -2.22. The third-order valence-corrected chi connectivity index (χ3v) is 3.48. The van der Waals surface area contributed by atoms with Crippen LogP contribution in [0.5, 0.6) is 0 Å². The second-order valence-corrected chi connectivity index (χ2v) is 4.83. The summed E-state index contributed by atoms with van der Waals surface area (Å²) in [6.07, 6.45) is 4.50. The quantitative estimate of drug-likeness (QED) is 0.827. The Balaban J connectivity index is 1.90. The lowest BCUT2D eigenvalue weighted by molar-refractivity contribution is 0.353.